The zero-order valence-corrected chi connectivity index (χ0v) is 12.7. The number of benzene rings is 1. The number of aromatic nitrogens is 1. The van der Waals surface area contributed by atoms with Gasteiger partial charge in [-0.2, -0.15) is 0 Å². The van der Waals surface area contributed by atoms with Gasteiger partial charge in [0.1, 0.15) is 5.76 Å². The minimum absolute atomic E-state index is 0.0463. The maximum Gasteiger partial charge on any atom is 0.251 e. The highest BCUT2D eigenvalue weighted by molar-refractivity contribution is 5.96. The van der Waals surface area contributed by atoms with Crippen molar-refractivity contribution in [1.29, 1.82) is 0 Å². The van der Waals surface area contributed by atoms with Crippen LogP contribution in [0.25, 0.3) is 0 Å². The van der Waals surface area contributed by atoms with Crippen LogP contribution in [-0.4, -0.2) is 30.1 Å². The van der Waals surface area contributed by atoms with E-state index in [9.17, 15) is 9.59 Å². The summed E-state index contributed by atoms with van der Waals surface area (Å²) in [6.45, 7) is 4.14. The molecule has 0 saturated carbocycles. The smallest absolute Gasteiger partial charge is 0.251 e. The van der Waals surface area contributed by atoms with Crippen LogP contribution in [0.1, 0.15) is 27.4 Å². The van der Waals surface area contributed by atoms with Gasteiger partial charge in [-0.1, -0.05) is 23.4 Å². The van der Waals surface area contributed by atoms with Crippen LogP contribution < -0.4 is 10.6 Å². The average molecular weight is 301 g/mol. The molecule has 2 N–H and O–H groups in total. The van der Waals surface area contributed by atoms with Crippen LogP contribution >= 0.6 is 0 Å². The highest BCUT2D eigenvalue weighted by Gasteiger charge is 2.10. The van der Waals surface area contributed by atoms with Gasteiger partial charge in [0.15, 0.2) is 0 Å². The Bertz CT molecular complexity index is 630. The summed E-state index contributed by atoms with van der Waals surface area (Å²) in [5.74, 6) is 0.279. The third kappa shape index (κ3) is 4.18. The molecule has 0 saturated heterocycles. The summed E-state index contributed by atoms with van der Waals surface area (Å²) in [5, 5.41) is 9.20. The molecule has 116 valence electrons. The molecular weight excluding hydrogens is 282 g/mol. The highest BCUT2D eigenvalue weighted by Crippen LogP contribution is 2.11. The average Bonchev–Trinajstić information content (AvgIpc) is 2.85. The molecule has 22 heavy (non-hydrogen) atoms. The third-order valence-corrected chi connectivity index (χ3v) is 3.32. The van der Waals surface area contributed by atoms with Gasteiger partial charge in [0.2, 0.25) is 5.91 Å². The number of hydrogen-bond donors (Lipinski definition) is 2. The Morgan fingerprint density at radius 3 is 2.50 bits per heavy atom. The molecule has 0 radical (unpaired) electrons. The summed E-state index contributed by atoms with van der Waals surface area (Å²) in [5.41, 5.74) is 2.38. The van der Waals surface area contributed by atoms with Crippen molar-refractivity contribution in [3.63, 3.8) is 0 Å². The molecule has 2 rings (SSSR count). The van der Waals surface area contributed by atoms with E-state index in [1.807, 2.05) is 19.9 Å². The second-order valence-electron chi connectivity index (χ2n) is 4.95. The standard InChI is InChI=1S/C16H19N3O3/c1-11-14(12(2)22-19-11)8-9-17-15(20)10-18-16(21)13-6-4-3-5-7-13/h3-7H,8-10H2,1-2H3,(H,17,20)(H,18,21). The minimum atomic E-state index is -0.263. The van der Waals surface area contributed by atoms with Crippen LogP contribution in [0.3, 0.4) is 0 Å². The quantitative estimate of drug-likeness (QED) is 0.844. The number of rotatable bonds is 6. The predicted octanol–water partition coefficient (Wildman–Crippen LogP) is 1.38. The first kappa shape index (κ1) is 15.8. The van der Waals surface area contributed by atoms with Crippen molar-refractivity contribution < 1.29 is 14.1 Å². The first-order valence-corrected chi connectivity index (χ1v) is 7.09. The van der Waals surface area contributed by atoms with Gasteiger partial charge in [-0.25, -0.2) is 0 Å². The summed E-state index contributed by atoms with van der Waals surface area (Å²) in [6.07, 6.45) is 0.652. The SMILES string of the molecule is Cc1noc(C)c1CCNC(=O)CNC(=O)c1ccccc1. The van der Waals surface area contributed by atoms with Crippen LogP contribution in [0, 0.1) is 13.8 Å². The number of carbonyl (C=O) groups is 2. The topological polar surface area (TPSA) is 84.2 Å². The van der Waals surface area contributed by atoms with Crippen molar-refractivity contribution in [2.45, 2.75) is 20.3 Å². The molecule has 0 aliphatic heterocycles. The predicted molar refractivity (Wildman–Crippen MR) is 81.5 cm³/mol. The molecule has 2 aromatic rings. The lowest BCUT2D eigenvalue weighted by Crippen LogP contribution is -2.37. The molecule has 0 fully saturated rings. The molecular formula is C16H19N3O3. The Kier molecular flexibility index (Phi) is 5.30. The van der Waals surface area contributed by atoms with Gasteiger partial charge in [0.05, 0.1) is 12.2 Å². The molecule has 1 heterocycles. The number of nitrogens with zero attached hydrogens (tertiary/aromatic N) is 1. The minimum Gasteiger partial charge on any atom is -0.361 e. The molecule has 6 heteroatoms. The Balaban J connectivity index is 1.71. The maximum absolute atomic E-state index is 11.8. The summed E-state index contributed by atoms with van der Waals surface area (Å²) in [6, 6.07) is 8.78. The van der Waals surface area contributed by atoms with E-state index in [0.29, 0.717) is 18.5 Å². The lowest BCUT2D eigenvalue weighted by molar-refractivity contribution is -0.120. The van der Waals surface area contributed by atoms with Gasteiger partial charge in [0, 0.05) is 17.7 Å². The molecule has 1 aromatic heterocycles. The van der Waals surface area contributed by atoms with Gasteiger partial charge in [-0.3, -0.25) is 9.59 Å². The van der Waals surface area contributed by atoms with E-state index in [1.54, 1.807) is 24.3 Å². The largest absolute Gasteiger partial charge is 0.361 e. The lowest BCUT2D eigenvalue weighted by Gasteiger charge is -2.07. The van der Waals surface area contributed by atoms with E-state index in [0.717, 1.165) is 17.0 Å². The van der Waals surface area contributed by atoms with Crippen LogP contribution in [0.4, 0.5) is 0 Å². The van der Waals surface area contributed by atoms with Crippen LogP contribution in [0.15, 0.2) is 34.9 Å². The number of aryl methyl sites for hydroxylation is 2. The summed E-state index contributed by atoms with van der Waals surface area (Å²) in [4.78, 5) is 23.5. The first-order chi connectivity index (χ1) is 10.6. The highest BCUT2D eigenvalue weighted by atomic mass is 16.5. The van der Waals surface area contributed by atoms with E-state index in [1.165, 1.54) is 0 Å². The van der Waals surface area contributed by atoms with Crippen LogP contribution in [-0.2, 0) is 11.2 Å². The van der Waals surface area contributed by atoms with E-state index in [4.69, 9.17) is 4.52 Å². The van der Waals surface area contributed by atoms with Crippen molar-refractivity contribution >= 4 is 11.8 Å². The molecule has 0 unspecified atom stereocenters. The summed E-state index contributed by atoms with van der Waals surface area (Å²) >= 11 is 0. The van der Waals surface area contributed by atoms with Crippen LogP contribution in [0.2, 0.25) is 0 Å². The molecule has 1 aromatic carbocycles. The van der Waals surface area contributed by atoms with Gasteiger partial charge < -0.3 is 15.2 Å². The van der Waals surface area contributed by atoms with Crippen molar-refractivity contribution in [3.8, 4) is 0 Å². The van der Waals surface area contributed by atoms with Crippen LogP contribution in [0.5, 0.6) is 0 Å². The van der Waals surface area contributed by atoms with Crippen molar-refractivity contribution in [1.82, 2.24) is 15.8 Å². The summed E-state index contributed by atoms with van der Waals surface area (Å²) in [7, 11) is 0. The molecule has 0 bridgehead atoms. The number of amides is 2. The zero-order chi connectivity index (χ0) is 15.9. The van der Waals surface area contributed by atoms with Gasteiger partial charge in [-0.15, -0.1) is 0 Å². The van der Waals surface area contributed by atoms with Gasteiger partial charge >= 0.3 is 0 Å². The summed E-state index contributed by atoms with van der Waals surface area (Å²) < 4.78 is 5.06. The van der Waals surface area contributed by atoms with Gasteiger partial charge in [-0.05, 0) is 32.4 Å². The monoisotopic (exact) mass is 301 g/mol. The van der Waals surface area contributed by atoms with E-state index < -0.39 is 0 Å². The number of carbonyl (C=O) groups excluding carboxylic acids is 2. The number of hydrogen-bond acceptors (Lipinski definition) is 4. The fraction of sp³-hybridized carbons (Fsp3) is 0.312. The zero-order valence-electron chi connectivity index (χ0n) is 12.7. The van der Waals surface area contributed by atoms with E-state index in [2.05, 4.69) is 15.8 Å². The van der Waals surface area contributed by atoms with Crippen molar-refractivity contribution in [3.05, 3.63) is 52.9 Å². The van der Waals surface area contributed by atoms with E-state index >= 15 is 0 Å². The second-order valence-corrected chi connectivity index (χ2v) is 4.95. The van der Waals surface area contributed by atoms with Crippen molar-refractivity contribution in [2.24, 2.45) is 0 Å². The van der Waals surface area contributed by atoms with Gasteiger partial charge in [0.25, 0.3) is 5.91 Å². The third-order valence-electron chi connectivity index (χ3n) is 3.32. The Labute approximate surface area is 128 Å². The normalized spacial score (nSPS) is 10.3. The molecule has 0 aliphatic rings. The first-order valence-electron chi connectivity index (χ1n) is 7.09. The molecule has 0 aliphatic carbocycles. The molecule has 0 spiro atoms. The Hall–Kier alpha value is -2.63. The fourth-order valence-electron chi connectivity index (χ4n) is 2.10. The van der Waals surface area contributed by atoms with E-state index in [-0.39, 0.29) is 18.4 Å². The molecule has 0 atom stereocenters. The number of nitrogens with one attached hydrogen (secondary N) is 2. The maximum atomic E-state index is 11.8. The molecule has 2 amide bonds. The second kappa shape index (κ2) is 7.40. The Morgan fingerprint density at radius 2 is 1.86 bits per heavy atom. The Morgan fingerprint density at radius 1 is 1.14 bits per heavy atom. The van der Waals surface area contributed by atoms with Crippen molar-refractivity contribution in [2.75, 3.05) is 13.1 Å². The lowest BCUT2D eigenvalue weighted by atomic mass is 10.1. The molecule has 6 nitrogen and oxygen atoms in total. The fourth-order valence-corrected chi connectivity index (χ4v) is 2.10.